The molecule has 1 aliphatic heterocycles. The molecule has 1 unspecified atom stereocenters. The molecule has 0 radical (unpaired) electrons. The van der Waals surface area contributed by atoms with Gasteiger partial charge in [0.15, 0.2) is 5.76 Å². The zero-order chi connectivity index (χ0) is 19.5. The highest BCUT2D eigenvalue weighted by atomic mass is 35.5. The molecule has 2 heterocycles. The fourth-order valence-corrected chi connectivity index (χ4v) is 5.19. The van der Waals surface area contributed by atoms with Gasteiger partial charge in [0, 0.05) is 31.6 Å². The first kappa shape index (κ1) is 23.9. The van der Waals surface area contributed by atoms with Crippen LogP contribution in [0.1, 0.15) is 44.6 Å². The number of nitrogens with zero attached hydrogens (tertiary/aromatic N) is 2. The maximum absolute atomic E-state index is 12.8. The minimum Gasteiger partial charge on any atom is -0.360 e. The SMILES string of the molecule is Cc1noc(C)c1S(=O)(=O)N1CCC(C(=O)NC(CN)CC(C)C)CC1.Cl. The van der Waals surface area contributed by atoms with Gasteiger partial charge >= 0.3 is 0 Å². The number of amides is 1. The van der Waals surface area contributed by atoms with Gasteiger partial charge < -0.3 is 15.6 Å². The maximum atomic E-state index is 12.8. The third-order valence-corrected chi connectivity index (χ3v) is 6.92. The van der Waals surface area contributed by atoms with E-state index >= 15 is 0 Å². The van der Waals surface area contributed by atoms with Gasteiger partial charge in [-0.05, 0) is 39.0 Å². The number of piperidine rings is 1. The van der Waals surface area contributed by atoms with E-state index in [1.54, 1.807) is 13.8 Å². The average molecular weight is 423 g/mol. The molecule has 27 heavy (non-hydrogen) atoms. The molecule has 0 aromatic carbocycles. The molecule has 0 bridgehead atoms. The predicted octanol–water partition coefficient (Wildman–Crippen LogP) is 1.60. The van der Waals surface area contributed by atoms with Gasteiger partial charge in [0.05, 0.1) is 0 Å². The Morgan fingerprint density at radius 1 is 1.33 bits per heavy atom. The van der Waals surface area contributed by atoms with Crippen molar-refractivity contribution < 1.29 is 17.7 Å². The number of carbonyl (C=O) groups is 1. The fraction of sp³-hybridized carbons (Fsp3) is 0.765. The summed E-state index contributed by atoms with van der Waals surface area (Å²) in [5.74, 6) is 0.524. The van der Waals surface area contributed by atoms with Gasteiger partial charge in [0.1, 0.15) is 10.6 Å². The molecular weight excluding hydrogens is 392 g/mol. The van der Waals surface area contributed by atoms with Gasteiger partial charge in [-0.15, -0.1) is 12.4 Å². The van der Waals surface area contributed by atoms with Gasteiger partial charge in [0.2, 0.25) is 15.9 Å². The summed E-state index contributed by atoms with van der Waals surface area (Å²) in [5.41, 5.74) is 6.11. The van der Waals surface area contributed by atoms with E-state index in [-0.39, 0.29) is 35.2 Å². The summed E-state index contributed by atoms with van der Waals surface area (Å²) < 4.78 is 32.0. The number of halogens is 1. The van der Waals surface area contributed by atoms with Crippen LogP contribution in [0.2, 0.25) is 0 Å². The largest absolute Gasteiger partial charge is 0.360 e. The third kappa shape index (κ3) is 5.66. The van der Waals surface area contributed by atoms with Crippen LogP contribution in [0.4, 0.5) is 0 Å². The molecule has 0 saturated carbocycles. The van der Waals surface area contributed by atoms with Crippen molar-refractivity contribution in [3.05, 3.63) is 11.5 Å². The molecule has 0 aliphatic carbocycles. The third-order valence-electron chi connectivity index (χ3n) is 4.78. The average Bonchev–Trinajstić information content (AvgIpc) is 2.93. The number of aromatic nitrogens is 1. The number of hydrogen-bond acceptors (Lipinski definition) is 6. The molecule has 0 spiro atoms. The van der Waals surface area contributed by atoms with E-state index in [4.69, 9.17) is 10.3 Å². The summed E-state index contributed by atoms with van der Waals surface area (Å²) in [6.07, 6.45) is 1.82. The van der Waals surface area contributed by atoms with Crippen molar-refractivity contribution in [1.82, 2.24) is 14.8 Å². The van der Waals surface area contributed by atoms with E-state index in [0.717, 1.165) is 6.42 Å². The molecule has 1 aromatic heterocycles. The van der Waals surface area contributed by atoms with Gasteiger partial charge in [-0.25, -0.2) is 8.42 Å². The predicted molar refractivity (Wildman–Crippen MR) is 105 cm³/mol. The molecule has 10 heteroatoms. The highest BCUT2D eigenvalue weighted by Gasteiger charge is 2.35. The van der Waals surface area contributed by atoms with Gasteiger partial charge in [0.25, 0.3) is 0 Å². The molecule has 1 aromatic rings. The van der Waals surface area contributed by atoms with E-state index in [1.807, 2.05) is 0 Å². The Bertz CT molecular complexity index is 708. The lowest BCUT2D eigenvalue weighted by Crippen LogP contribution is -2.47. The summed E-state index contributed by atoms with van der Waals surface area (Å²) in [4.78, 5) is 12.6. The Kier molecular flexibility index (Phi) is 8.72. The highest BCUT2D eigenvalue weighted by Crippen LogP contribution is 2.27. The van der Waals surface area contributed by atoms with Crippen molar-refractivity contribution >= 4 is 28.3 Å². The molecule has 156 valence electrons. The number of hydrogen-bond donors (Lipinski definition) is 2. The maximum Gasteiger partial charge on any atom is 0.248 e. The van der Waals surface area contributed by atoms with Crippen molar-refractivity contribution in [3.8, 4) is 0 Å². The number of rotatable bonds is 7. The standard InChI is InChI=1S/C17H30N4O4S.ClH/c1-11(2)9-15(10-18)19-17(22)14-5-7-21(8-6-14)26(23,24)16-12(3)20-25-13(16)4;/h11,14-15H,5-10,18H2,1-4H3,(H,19,22);1H. The highest BCUT2D eigenvalue weighted by molar-refractivity contribution is 7.89. The van der Waals surface area contributed by atoms with Crippen LogP contribution >= 0.6 is 12.4 Å². The lowest BCUT2D eigenvalue weighted by Gasteiger charge is -2.31. The lowest BCUT2D eigenvalue weighted by molar-refractivity contribution is -0.126. The van der Waals surface area contributed by atoms with E-state index in [0.29, 0.717) is 49.8 Å². The molecule has 1 amide bonds. The molecule has 1 saturated heterocycles. The van der Waals surface area contributed by atoms with E-state index in [9.17, 15) is 13.2 Å². The quantitative estimate of drug-likeness (QED) is 0.688. The Morgan fingerprint density at radius 3 is 2.37 bits per heavy atom. The molecule has 2 rings (SSSR count). The van der Waals surface area contributed by atoms with Crippen LogP contribution in [-0.4, -0.2) is 49.5 Å². The molecule has 1 aliphatic rings. The summed E-state index contributed by atoms with van der Waals surface area (Å²) in [6.45, 7) is 8.41. The van der Waals surface area contributed by atoms with Crippen LogP contribution in [0.15, 0.2) is 9.42 Å². The van der Waals surface area contributed by atoms with Crippen molar-refractivity contribution in [1.29, 1.82) is 0 Å². The van der Waals surface area contributed by atoms with Gasteiger partial charge in [-0.2, -0.15) is 4.31 Å². The number of carbonyl (C=O) groups excluding carboxylic acids is 1. The van der Waals surface area contributed by atoms with Crippen LogP contribution < -0.4 is 11.1 Å². The normalized spacial score (nSPS) is 17.6. The van der Waals surface area contributed by atoms with Gasteiger partial charge in [-0.3, -0.25) is 4.79 Å². The Labute approximate surface area is 167 Å². The topological polar surface area (TPSA) is 119 Å². The second-order valence-electron chi connectivity index (χ2n) is 7.40. The second-order valence-corrected chi connectivity index (χ2v) is 9.28. The number of sulfonamides is 1. The molecule has 1 atom stereocenters. The first-order valence-corrected chi connectivity index (χ1v) is 10.5. The van der Waals surface area contributed by atoms with Crippen molar-refractivity contribution in [3.63, 3.8) is 0 Å². The fourth-order valence-electron chi connectivity index (χ4n) is 3.43. The van der Waals surface area contributed by atoms with Crippen LogP contribution in [0, 0.1) is 25.7 Å². The lowest BCUT2D eigenvalue weighted by atomic mass is 9.96. The van der Waals surface area contributed by atoms with Crippen LogP contribution in [-0.2, 0) is 14.8 Å². The van der Waals surface area contributed by atoms with Crippen molar-refractivity contribution in [2.45, 2.75) is 57.9 Å². The number of nitrogens with two attached hydrogens (primary N) is 1. The van der Waals surface area contributed by atoms with E-state index < -0.39 is 10.0 Å². The summed E-state index contributed by atoms with van der Waals surface area (Å²) in [5, 5.41) is 6.74. The molecule has 8 nitrogen and oxygen atoms in total. The Morgan fingerprint density at radius 2 is 1.93 bits per heavy atom. The minimum atomic E-state index is -3.65. The smallest absolute Gasteiger partial charge is 0.248 e. The molecular formula is C17H31ClN4O4S. The summed E-state index contributed by atoms with van der Waals surface area (Å²) in [6, 6.07) is -0.0356. The van der Waals surface area contributed by atoms with Crippen LogP contribution in [0.5, 0.6) is 0 Å². The van der Waals surface area contributed by atoms with Crippen LogP contribution in [0.3, 0.4) is 0 Å². The zero-order valence-corrected chi connectivity index (χ0v) is 18.0. The number of aryl methyl sites for hydroxylation is 2. The van der Waals surface area contributed by atoms with E-state index in [1.165, 1.54) is 4.31 Å². The first-order valence-electron chi connectivity index (χ1n) is 9.10. The first-order chi connectivity index (χ1) is 12.2. The van der Waals surface area contributed by atoms with Crippen molar-refractivity contribution in [2.24, 2.45) is 17.6 Å². The van der Waals surface area contributed by atoms with Gasteiger partial charge in [-0.1, -0.05) is 19.0 Å². The van der Waals surface area contributed by atoms with E-state index in [2.05, 4.69) is 24.3 Å². The van der Waals surface area contributed by atoms with Crippen molar-refractivity contribution in [2.75, 3.05) is 19.6 Å². The monoisotopic (exact) mass is 422 g/mol. The molecule has 1 fully saturated rings. The van der Waals surface area contributed by atoms with Crippen LogP contribution in [0.25, 0.3) is 0 Å². The zero-order valence-electron chi connectivity index (χ0n) is 16.4. The minimum absolute atomic E-state index is 0. The number of nitrogens with one attached hydrogen (secondary N) is 1. The molecule has 3 N–H and O–H groups in total. The Balaban J connectivity index is 0.00000364. The summed E-state index contributed by atoms with van der Waals surface area (Å²) >= 11 is 0. The second kappa shape index (κ2) is 9.86. The Hall–Kier alpha value is -1.16. The summed E-state index contributed by atoms with van der Waals surface area (Å²) in [7, 11) is -3.65.